The van der Waals surface area contributed by atoms with Gasteiger partial charge in [-0.15, -0.1) is 12.4 Å². The topological polar surface area (TPSA) is 12.0 Å². The number of hydrogen-bond donors (Lipinski definition) is 1. The van der Waals surface area contributed by atoms with Gasteiger partial charge in [0, 0.05) is 11.3 Å². The standard InChI is InChI=1S/C10H19F2N.ClH/c1-9(2,3)10(11,12)8-4-6-13-7-5-8;/h8,13H,4-7H2,1-3H3;1H. The van der Waals surface area contributed by atoms with E-state index in [2.05, 4.69) is 5.32 Å². The van der Waals surface area contributed by atoms with Crippen LogP contribution in [0, 0.1) is 11.3 Å². The van der Waals surface area contributed by atoms with Gasteiger partial charge in [-0.1, -0.05) is 20.8 Å². The molecule has 1 heterocycles. The highest BCUT2D eigenvalue weighted by Crippen LogP contribution is 2.44. The normalized spacial score (nSPS) is 20.4. The molecule has 0 saturated carbocycles. The second-order valence-corrected chi connectivity index (χ2v) is 4.90. The number of halogens is 3. The first-order valence-corrected chi connectivity index (χ1v) is 4.94. The SMILES string of the molecule is CC(C)(C)C(F)(F)C1CCNCC1.Cl. The van der Waals surface area contributed by atoms with Crippen molar-refractivity contribution in [2.75, 3.05) is 13.1 Å². The number of hydrogen-bond acceptors (Lipinski definition) is 1. The number of nitrogens with one attached hydrogen (secondary N) is 1. The average Bonchev–Trinajstić information content (AvgIpc) is 2.04. The fourth-order valence-corrected chi connectivity index (χ4v) is 1.80. The number of piperidine rings is 1. The molecule has 86 valence electrons. The van der Waals surface area contributed by atoms with Crippen LogP contribution in [0.5, 0.6) is 0 Å². The van der Waals surface area contributed by atoms with Gasteiger partial charge >= 0.3 is 0 Å². The summed E-state index contributed by atoms with van der Waals surface area (Å²) in [6.45, 7) is 6.33. The first-order chi connectivity index (χ1) is 5.86. The average molecular weight is 228 g/mol. The Bertz CT molecular complexity index is 171. The molecule has 1 fully saturated rings. The number of rotatable bonds is 1. The molecular weight excluding hydrogens is 208 g/mol. The minimum Gasteiger partial charge on any atom is -0.317 e. The maximum absolute atomic E-state index is 13.8. The molecule has 0 radical (unpaired) electrons. The van der Waals surface area contributed by atoms with E-state index in [1.807, 2.05) is 0 Å². The highest BCUT2D eigenvalue weighted by Gasteiger charge is 2.49. The summed E-state index contributed by atoms with van der Waals surface area (Å²) in [6, 6.07) is 0. The fourth-order valence-electron chi connectivity index (χ4n) is 1.80. The molecule has 14 heavy (non-hydrogen) atoms. The summed E-state index contributed by atoms with van der Waals surface area (Å²) in [5, 5.41) is 3.10. The van der Waals surface area contributed by atoms with Gasteiger partial charge in [0.2, 0.25) is 0 Å². The molecule has 0 aromatic carbocycles. The van der Waals surface area contributed by atoms with Crippen LogP contribution in [0.15, 0.2) is 0 Å². The van der Waals surface area contributed by atoms with Gasteiger partial charge < -0.3 is 5.32 Å². The van der Waals surface area contributed by atoms with Crippen molar-refractivity contribution in [2.45, 2.75) is 39.5 Å². The Morgan fingerprint density at radius 3 is 1.86 bits per heavy atom. The van der Waals surface area contributed by atoms with Gasteiger partial charge in [-0.2, -0.15) is 0 Å². The van der Waals surface area contributed by atoms with E-state index in [0.717, 1.165) is 13.1 Å². The van der Waals surface area contributed by atoms with E-state index in [0.29, 0.717) is 12.8 Å². The lowest BCUT2D eigenvalue weighted by atomic mass is 9.76. The summed E-state index contributed by atoms with van der Waals surface area (Å²) in [6.07, 6.45) is 1.20. The van der Waals surface area contributed by atoms with Crippen LogP contribution in [0.25, 0.3) is 0 Å². The van der Waals surface area contributed by atoms with E-state index in [9.17, 15) is 8.78 Å². The van der Waals surface area contributed by atoms with Crippen LogP contribution in [-0.4, -0.2) is 19.0 Å². The van der Waals surface area contributed by atoms with Crippen LogP contribution in [0.3, 0.4) is 0 Å². The van der Waals surface area contributed by atoms with Crippen molar-refractivity contribution in [3.05, 3.63) is 0 Å². The molecule has 0 spiro atoms. The second kappa shape index (κ2) is 4.75. The van der Waals surface area contributed by atoms with Crippen LogP contribution in [0.2, 0.25) is 0 Å². The van der Waals surface area contributed by atoms with E-state index < -0.39 is 17.3 Å². The lowest BCUT2D eigenvalue weighted by Gasteiger charge is -2.38. The molecule has 1 N–H and O–H groups in total. The third-order valence-corrected chi connectivity index (χ3v) is 2.85. The van der Waals surface area contributed by atoms with Crippen molar-refractivity contribution in [1.29, 1.82) is 0 Å². The zero-order valence-corrected chi connectivity index (χ0v) is 9.89. The van der Waals surface area contributed by atoms with Crippen LogP contribution in [-0.2, 0) is 0 Å². The molecule has 0 aromatic heterocycles. The Morgan fingerprint density at radius 1 is 1.07 bits per heavy atom. The third kappa shape index (κ3) is 2.80. The van der Waals surface area contributed by atoms with Gasteiger partial charge in [0.25, 0.3) is 5.92 Å². The molecule has 0 aliphatic carbocycles. The molecule has 1 saturated heterocycles. The van der Waals surface area contributed by atoms with Gasteiger partial charge in [-0.25, -0.2) is 8.78 Å². The molecule has 1 rings (SSSR count). The monoisotopic (exact) mass is 227 g/mol. The van der Waals surface area contributed by atoms with Gasteiger partial charge in [0.05, 0.1) is 0 Å². The molecule has 0 aromatic rings. The highest BCUT2D eigenvalue weighted by atomic mass is 35.5. The number of alkyl halides is 2. The van der Waals surface area contributed by atoms with Crippen molar-refractivity contribution in [3.8, 4) is 0 Å². The zero-order valence-electron chi connectivity index (χ0n) is 9.07. The molecule has 4 heteroatoms. The van der Waals surface area contributed by atoms with Crippen molar-refractivity contribution in [2.24, 2.45) is 11.3 Å². The quantitative estimate of drug-likeness (QED) is 0.726. The van der Waals surface area contributed by atoms with E-state index in [-0.39, 0.29) is 12.4 Å². The Labute approximate surface area is 91.1 Å². The predicted molar refractivity (Wildman–Crippen MR) is 57.2 cm³/mol. The Balaban J connectivity index is 0.00000169. The molecule has 0 atom stereocenters. The molecule has 0 bridgehead atoms. The molecule has 1 aliphatic rings. The summed E-state index contributed by atoms with van der Waals surface area (Å²) in [5.41, 5.74) is -0.908. The molecular formula is C10H20ClF2N. The lowest BCUT2D eigenvalue weighted by Crippen LogP contribution is -2.45. The van der Waals surface area contributed by atoms with Crippen molar-refractivity contribution in [3.63, 3.8) is 0 Å². The summed E-state index contributed by atoms with van der Waals surface area (Å²) in [5.74, 6) is -2.97. The van der Waals surface area contributed by atoms with Gasteiger partial charge in [-0.05, 0) is 25.9 Å². The van der Waals surface area contributed by atoms with E-state index in [4.69, 9.17) is 0 Å². The second-order valence-electron chi connectivity index (χ2n) is 4.90. The van der Waals surface area contributed by atoms with E-state index >= 15 is 0 Å². The largest absolute Gasteiger partial charge is 0.317 e. The Hall–Kier alpha value is 0.110. The zero-order chi connectivity index (χ0) is 10.1. The molecule has 1 nitrogen and oxygen atoms in total. The van der Waals surface area contributed by atoms with Crippen LogP contribution in [0.4, 0.5) is 8.78 Å². The summed E-state index contributed by atoms with van der Waals surface area (Å²) >= 11 is 0. The van der Waals surface area contributed by atoms with Gasteiger partial charge in [0.1, 0.15) is 0 Å². The third-order valence-electron chi connectivity index (χ3n) is 2.85. The fraction of sp³-hybridized carbons (Fsp3) is 1.00. The summed E-state index contributed by atoms with van der Waals surface area (Å²) < 4.78 is 27.6. The molecule has 0 unspecified atom stereocenters. The van der Waals surface area contributed by atoms with E-state index in [1.54, 1.807) is 20.8 Å². The predicted octanol–water partition coefficient (Wildman–Crippen LogP) is 3.09. The summed E-state index contributed by atoms with van der Waals surface area (Å²) in [7, 11) is 0. The van der Waals surface area contributed by atoms with Crippen LogP contribution in [0.1, 0.15) is 33.6 Å². The maximum Gasteiger partial charge on any atom is 0.255 e. The van der Waals surface area contributed by atoms with Crippen molar-refractivity contribution in [1.82, 2.24) is 5.32 Å². The maximum atomic E-state index is 13.8. The molecule has 1 aliphatic heterocycles. The first-order valence-electron chi connectivity index (χ1n) is 4.94. The first kappa shape index (κ1) is 14.1. The van der Waals surface area contributed by atoms with Crippen molar-refractivity contribution >= 4 is 12.4 Å². The Kier molecular flexibility index (Phi) is 4.79. The van der Waals surface area contributed by atoms with Crippen LogP contribution >= 0.6 is 12.4 Å². The molecule has 0 amide bonds. The summed E-state index contributed by atoms with van der Waals surface area (Å²) in [4.78, 5) is 0. The van der Waals surface area contributed by atoms with E-state index in [1.165, 1.54) is 0 Å². The minimum atomic E-state index is -2.53. The highest BCUT2D eigenvalue weighted by molar-refractivity contribution is 5.85. The Morgan fingerprint density at radius 2 is 1.50 bits per heavy atom. The van der Waals surface area contributed by atoms with Crippen molar-refractivity contribution < 1.29 is 8.78 Å². The van der Waals surface area contributed by atoms with Gasteiger partial charge in [-0.3, -0.25) is 0 Å². The van der Waals surface area contributed by atoms with Gasteiger partial charge in [0.15, 0.2) is 0 Å². The smallest absolute Gasteiger partial charge is 0.255 e. The minimum absolute atomic E-state index is 0. The van der Waals surface area contributed by atoms with Crippen LogP contribution < -0.4 is 5.32 Å². The lowest BCUT2D eigenvalue weighted by molar-refractivity contribution is -0.149.